The Balaban J connectivity index is 2.58. The average molecular weight is 226 g/mol. The largest absolute Gasteiger partial charge is 0.325 e. The summed E-state index contributed by atoms with van der Waals surface area (Å²) in [4.78, 5) is 16.1. The zero-order valence-electron chi connectivity index (χ0n) is 11.4. The molecule has 3 nitrogen and oxygen atoms in total. The number of nitrogens with zero attached hydrogens (tertiary/aromatic N) is 2. The Bertz CT molecular complexity index is 239. The van der Waals surface area contributed by atoms with Gasteiger partial charge in [-0.3, -0.25) is 0 Å². The molecule has 1 fully saturated rings. The van der Waals surface area contributed by atoms with Crippen LogP contribution >= 0.6 is 0 Å². The molecule has 1 aliphatic rings. The molecule has 0 radical (unpaired) electrons. The molecular formula is C13H26N2O. The van der Waals surface area contributed by atoms with E-state index in [1.165, 1.54) is 6.42 Å². The molecule has 94 valence electrons. The van der Waals surface area contributed by atoms with Gasteiger partial charge in [-0.25, -0.2) is 4.79 Å². The monoisotopic (exact) mass is 226 g/mol. The lowest BCUT2D eigenvalue weighted by Gasteiger charge is -2.39. The van der Waals surface area contributed by atoms with Crippen LogP contribution in [-0.4, -0.2) is 42.0 Å². The maximum Gasteiger partial charge on any atom is 0.319 e. The first-order valence-corrected chi connectivity index (χ1v) is 6.36. The van der Waals surface area contributed by atoms with E-state index < -0.39 is 0 Å². The molecule has 0 aromatic carbocycles. The lowest BCUT2D eigenvalue weighted by atomic mass is 9.87. The van der Waals surface area contributed by atoms with E-state index >= 15 is 0 Å². The second-order valence-electron chi connectivity index (χ2n) is 5.98. The molecule has 1 saturated heterocycles. The number of urea groups is 1. The zero-order chi connectivity index (χ0) is 12.3. The van der Waals surface area contributed by atoms with Crippen LogP contribution in [0.2, 0.25) is 0 Å². The van der Waals surface area contributed by atoms with Gasteiger partial charge in [0.25, 0.3) is 0 Å². The summed E-state index contributed by atoms with van der Waals surface area (Å²) in [5.41, 5.74) is 0.139. The van der Waals surface area contributed by atoms with Gasteiger partial charge in [0.05, 0.1) is 0 Å². The summed E-state index contributed by atoms with van der Waals surface area (Å²) in [6.45, 7) is 10.5. The van der Waals surface area contributed by atoms with Crippen LogP contribution < -0.4 is 0 Å². The van der Waals surface area contributed by atoms with Crippen LogP contribution in [0.1, 0.15) is 47.0 Å². The van der Waals surface area contributed by atoms with Gasteiger partial charge in [0.2, 0.25) is 0 Å². The van der Waals surface area contributed by atoms with E-state index in [4.69, 9.17) is 0 Å². The molecule has 0 N–H and O–H groups in total. The standard InChI is InChI=1S/C13H26N2O/c1-11(13(2,3)4)14(5)12(16)15-9-7-6-8-10-15/h11H,6-10H2,1-5H3. The van der Waals surface area contributed by atoms with Gasteiger partial charge >= 0.3 is 6.03 Å². The van der Waals surface area contributed by atoms with E-state index in [1.54, 1.807) is 0 Å². The highest BCUT2D eigenvalue weighted by molar-refractivity contribution is 5.74. The minimum absolute atomic E-state index is 0.139. The molecule has 1 unspecified atom stereocenters. The van der Waals surface area contributed by atoms with Crippen LogP contribution in [-0.2, 0) is 0 Å². The second kappa shape index (κ2) is 5.07. The van der Waals surface area contributed by atoms with Gasteiger partial charge in [0, 0.05) is 26.2 Å². The fourth-order valence-electron chi connectivity index (χ4n) is 2.05. The smallest absolute Gasteiger partial charge is 0.319 e. The number of hydrogen-bond acceptors (Lipinski definition) is 1. The average Bonchev–Trinajstić information content (AvgIpc) is 2.26. The predicted octanol–water partition coefficient (Wildman–Crippen LogP) is 2.96. The molecule has 2 amide bonds. The summed E-state index contributed by atoms with van der Waals surface area (Å²) in [6, 6.07) is 0.462. The number of hydrogen-bond donors (Lipinski definition) is 0. The molecule has 1 atom stereocenters. The summed E-state index contributed by atoms with van der Waals surface area (Å²) in [7, 11) is 1.92. The van der Waals surface area contributed by atoms with Crippen molar-refractivity contribution in [3.63, 3.8) is 0 Å². The van der Waals surface area contributed by atoms with Gasteiger partial charge in [0.1, 0.15) is 0 Å². The number of rotatable bonds is 1. The van der Waals surface area contributed by atoms with Crippen molar-refractivity contribution in [3.8, 4) is 0 Å². The third kappa shape index (κ3) is 3.13. The number of amides is 2. The fourth-order valence-corrected chi connectivity index (χ4v) is 2.05. The molecule has 0 aromatic heterocycles. The summed E-state index contributed by atoms with van der Waals surface area (Å²) >= 11 is 0. The number of piperidine rings is 1. The molecule has 1 rings (SSSR count). The first kappa shape index (κ1) is 13.3. The minimum atomic E-state index is 0.139. The number of carbonyl (C=O) groups is 1. The van der Waals surface area contributed by atoms with E-state index in [-0.39, 0.29) is 17.5 Å². The Kier molecular flexibility index (Phi) is 4.22. The Morgan fingerprint density at radius 1 is 1.19 bits per heavy atom. The highest BCUT2D eigenvalue weighted by Crippen LogP contribution is 2.24. The highest BCUT2D eigenvalue weighted by atomic mass is 16.2. The highest BCUT2D eigenvalue weighted by Gasteiger charge is 2.29. The lowest BCUT2D eigenvalue weighted by Crippen LogP contribution is -2.50. The fraction of sp³-hybridized carbons (Fsp3) is 0.923. The molecule has 16 heavy (non-hydrogen) atoms. The molecule has 0 spiro atoms. The SMILES string of the molecule is CC(N(C)C(=O)N1CCCCC1)C(C)(C)C. The molecule has 1 aliphatic heterocycles. The van der Waals surface area contributed by atoms with Crippen molar-refractivity contribution in [1.29, 1.82) is 0 Å². The summed E-state index contributed by atoms with van der Waals surface area (Å²) < 4.78 is 0. The Morgan fingerprint density at radius 2 is 1.69 bits per heavy atom. The van der Waals surface area contributed by atoms with Crippen LogP contribution in [0.25, 0.3) is 0 Å². The second-order valence-corrected chi connectivity index (χ2v) is 5.98. The van der Waals surface area contributed by atoms with Crippen LogP contribution in [0.4, 0.5) is 4.79 Å². The van der Waals surface area contributed by atoms with E-state index in [9.17, 15) is 4.79 Å². The van der Waals surface area contributed by atoms with Crippen molar-refractivity contribution >= 4 is 6.03 Å². The molecule has 0 aromatic rings. The van der Waals surface area contributed by atoms with Crippen LogP contribution in [0.5, 0.6) is 0 Å². The van der Waals surface area contributed by atoms with Crippen molar-refractivity contribution in [1.82, 2.24) is 9.80 Å². The quantitative estimate of drug-likeness (QED) is 0.674. The maximum absolute atomic E-state index is 12.2. The van der Waals surface area contributed by atoms with Gasteiger partial charge in [-0.05, 0) is 31.6 Å². The molecular weight excluding hydrogens is 200 g/mol. The maximum atomic E-state index is 12.2. The Labute approximate surface area is 99.8 Å². The van der Waals surface area contributed by atoms with E-state index in [1.807, 2.05) is 16.8 Å². The molecule has 0 saturated carbocycles. The van der Waals surface area contributed by atoms with Crippen molar-refractivity contribution in [3.05, 3.63) is 0 Å². The number of likely N-dealkylation sites (tertiary alicyclic amines) is 1. The predicted molar refractivity (Wildman–Crippen MR) is 67.5 cm³/mol. The van der Waals surface area contributed by atoms with Crippen LogP contribution in [0, 0.1) is 5.41 Å². The van der Waals surface area contributed by atoms with Crippen molar-refractivity contribution in [2.75, 3.05) is 20.1 Å². The number of carbonyl (C=O) groups excluding carboxylic acids is 1. The van der Waals surface area contributed by atoms with Crippen molar-refractivity contribution < 1.29 is 4.79 Å². The molecule has 1 heterocycles. The third-order valence-electron chi connectivity index (χ3n) is 3.76. The first-order chi connectivity index (χ1) is 7.34. The van der Waals surface area contributed by atoms with Crippen LogP contribution in [0.15, 0.2) is 0 Å². The van der Waals surface area contributed by atoms with Crippen molar-refractivity contribution in [2.45, 2.75) is 53.0 Å². The third-order valence-corrected chi connectivity index (χ3v) is 3.76. The van der Waals surface area contributed by atoms with E-state index in [0.717, 1.165) is 25.9 Å². The normalized spacial score (nSPS) is 19.4. The van der Waals surface area contributed by atoms with E-state index in [2.05, 4.69) is 27.7 Å². The molecule has 3 heteroatoms. The van der Waals surface area contributed by atoms with E-state index in [0.29, 0.717) is 0 Å². The van der Waals surface area contributed by atoms with Crippen molar-refractivity contribution in [2.24, 2.45) is 5.41 Å². The Hall–Kier alpha value is -0.730. The topological polar surface area (TPSA) is 23.6 Å². The molecule has 0 bridgehead atoms. The molecule has 0 aliphatic carbocycles. The first-order valence-electron chi connectivity index (χ1n) is 6.36. The van der Waals surface area contributed by atoms with Gasteiger partial charge in [0.15, 0.2) is 0 Å². The van der Waals surface area contributed by atoms with Crippen LogP contribution in [0.3, 0.4) is 0 Å². The lowest BCUT2D eigenvalue weighted by molar-refractivity contribution is 0.109. The summed E-state index contributed by atoms with van der Waals surface area (Å²) in [5, 5.41) is 0. The summed E-state index contributed by atoms with van der Waals surface area (Å²) in [6.07, 6.45) is 3.58. The zero-order valence-corrected chi connectivity index (χ0v) is 11.4. The van der Waals surface area contributed by atoms with Gasteiger partial charge in [-0.2, -0.15) is 0 Å². The Morgan fingerprint density at radius 3 is 2.12 bits per heavy atom. The van der Waals surface area contributed by atoms with Gasteiger partial charge in [-0.1, -0.05) is 20.8 Å². The summed E-state index contributed by atoms with van der Waals surface area (Å²) in [5.74, 6) is 0. The van der Waals surface area contributed by atoms with Gasteiger partial charge in [-0.15, -0.1) is 0 Å². The van der Waals surface area contributed by atoms with Gasteiger partial charge < -0.3 is 9.80 Å². The minimum Gasteiger partial charge on any atom is -0.325 e.